The van der Waals surface area contributed by atoms with Crippen LogP contribution >= 0.6 is 0 Å². The monoisotopic (exact) mass is 490 g/mol. The van der Waals surface area contributed by atoms with Gasteiger partial charge < -0.3 is 19.6 Å². The number of nitrogens with zero attached hydrogens (tertiary/aromatic N) is 3. The molecule has 0 saturated heterocycles. The Balaban J connectivity index is 1.69. The summed E-state index contributed by atoms with van der Waals surface area (Å²) >= 11 is 0. The molecule has 4 aromatic rings. The molecule has 2 aromatic heterocycles. The second-order valence-corrected chi connectivity index (χ2v) is 9.48. The second kappa shape index (κ2) is 10.5. The van der Waals surface area contributed by atoms with E-state index in [-0.39, 0.29) is 5.56 Å². The summed E-state index contributed by atoms with van der Waals surface area (Å²) in [5.41, 5.74) is 2.21. The van der Waals surface area contributed by atoms with Crippen LogP contribution in [0.5, 0.6) is 11.5 Å². The molecule has 190 valence electrons. The number of hydrogen-bond donors (Lipinski definition) is 2. The summed E-state index contributed by atoms with van der Waals surface area (Å²) in [6.45, 7) is 5.57. The molecule has 8 heteroatoms. The average molecular weight is 491 g/mol. The predicted octanol–water partition coefficient (Wildman–Crippen LogP) is 4.00. The van der Waals surface area contributed by atoms with Crippen molar-refractivity contribution in [2.75, 3.05) is 14.2 Å². The van der Waals surface area contributed by atoms with Crippen molar-refractivity contribution in [3.8, 4) is 11.5 Å². The molecule has 0 fully saturated rings. The van der Waals surface area contributed by atoms with Crippen molar-refractivity contribution >= 4 is 5.52 Å². The lowest BCUT2D eigenvalue weighted by Crippen LogP contribution is -2.37. The van der Waals surface area contributed by atoms with Crippen LogP contribution in [0.4, 0.5) is 0 Å². The maximum Gasteiger partial charge on any atom is 0.277 e. The first-order valence-corrected chi connectivity index (χ1v) is 12.2. The van der Waals surface area contributed by atoms with Crippen molar-refractivity contribution in [1.82, 2.24) is 19.6 Å². The van der Waals surface area contributed by atoms with Gasteiger partial charge in [0.15, 0.2) is 17.0 Å². The van der Waals surface area contributed by atoms with Crippen molar-refractivity contribution in [2.24, 2.45) is 0 Å². The summed E-state index contributed by atoms with van der Waals surface area (Å²) in [6, 6.07) is 15.9. The molecular weight excluding hydrogens is 456 g/mol. The Bertz CT molecular complexity index is 1390. The maximum atomic E-state index is 13.1. The lowest BCUT2D eigenvalue weighted by atomic mass is 9.79. The van der Waals surface area contributed by atoms with Gasteiger partial charge in [0.1, 0.15) is 11.6 Å². The normalized spacial score (nSPS) is 13.9. The SMILES string of the molecule is COc1ccc(Cc2nn3c(C(C)(CCCc4ccccc4)C(C)O)nc(C)c3c(=O)[nH]2)cc1OC. The average Bonchev–Trinajstić information content (AvgIpc) is 3.21. The van der Waals surface area contributed by atoms with Crippen LogP contribution in [0.2, 0.25) is 0 Å². The predicted molar refractivity (Wildman–Crippen MR) is 139 cm³/mol. The van der Waals surface area contributed by atoms with Gasteiger partial charge >= 0.3 is 0 Å². The largest absolute Gasteiger partial charge is 0.493 e. The number of aryl methyl sites for hydroxylation is 2. The van der Waals surface area contributed by atoms with Gasteiger partial charge in [0.25, 0.3) is 5.56 Å². The minimum atomic E-state index is -0.687. The van der Waals surface area contributed by atoms with E-state index in [1.165, 1.54) is 5.56 Å². The van der Waals surface area contributed by atoms with Crippen molar-refractivity contribution in [2.45, 2.75) is 58.0 Å². The van der Waals surface area contributed by atoms with E-state index in [1.54, 1.807) is 32.6 Å². The molecule has 2 unspecified atom stereocenters. The lowest BCUT2D eigenvalue weighted by Gasteiger charge is -2.31. The quantitative estimate of drug-likeness (QED) is 0.349. The van der Waals surface area contributed by atoms with Crippen LogP contribution in [0.1, 0.15) is 55.2 Å². The standard InChI is InChI=1S/C28H34N4O4/c1-18-25-26(34)30-24(17-21-13-14-22(35-4)23(16-21)36-5)31-32(25)27(29-18)28(3,19(2)33)15-9-12-20-10-7-6-8-11-20/h6-8,10-11,13-14,16,19,33H,9,12,15,17H2,1-5H3,(H,30,31,34). The molecule has 0 bridgehead atoms. The number of aromatic nitrogens is 4. The molecule has 0 aliphatic carbocycles. The van der Waals surface area contributed by atoms with E-state index >= 15 is 0 Å². The fraction of sp³-hybridized carbons (Fsp3) is 0.393. The third kappa shape index (κ3) is 4.99. The Morgan fingerprint density at radius 1 is 1.08 bits per heavy atom. The fourth-order valence-corrected chi connectivity index (χ4v) is 4.66. The topological polar surface area (TPSA) is 102 Å². The summed E-state index contributed by atoms with van der Waals surface area (Å²) in [5.74, 6) is 2.33. The molecule has 2 atom stereocenters. The van der Waals surface area contributed by atoms with E-state index in [0.29, 0.717) is 47.2 Å². The lowest BCUT2D eigenvalue weighted by molar-refractivity contribution is 0.0927. The molecule has 0 amide bonds. The van der Waals surface area contributed by atoms with Crippen LogP contribution in [0.15, 0.2) is 53.3 Å². The molecule has 0 aliphatic heterocycles. The number of aliphatic hydroxyl groups excluding tert-OH is 1. The molecule has 36 heavy (non-hydrogen) atoms. The third-order valence-electron chi connectivity index (χ3n) is 6.98. The highest BCUT2D eigenvalue weighted by Gasteiger charge is 2.37. The number of benzene rings is 2. The Morgan fingerprint density at radius 2 is 1.81 bits per heavy atom. The third-order valence-corrected chi connectivity index (χ3v) is 6.98. The highest BCUT2D eigenvalue weighted by Crippen LogP contribution is 2.33. The first-order chi connectivity index (χ1) is 17.3. The van der Waals surface area contributed by atoms with Gasteiger partial charge in [-0.3, -0.25) is 4.79 Å². The highest BCUT2D eigenvalue weighted by molar-refractivity contribution is 5.51. The molecule has 0 aliphatic rings. The molecular formula is C28H34N4O4. The van der Waals surface area contributed by atoms with Crippen molar-refractivity contribution in [1.29, 1.82) is 0 Å². The smallest absolute Gasteiger partial charge is 0.277 e. The van der Waals surface area contributed by atoms with Gasteiger partial charge in [0.2, 0.25) is 0 Å². The molecule has 0 saturated carbocycles. The van der Waals surface area contributed by atoms with Gasteiger partial charge in [-0.25, -0.2) is 9.50 Å². The summed E-state index contributed by atoms with van der Waals surface area (Å²) in [7, 11) is 3.18. The first-order valence-electron chi connectivity index (χ1n) is 12.2. The summed E-state index contributed by atoms with van der Waals surface area (Å²) < 4.78 is 12.4. The number of aliphatic hydroxyl groups is 1. The molecule has 0 radical (unpaired) electrons. The Hall–Kier alpha value is -3.65. The summed E-state index contributed by atoms with van der Waals surface area (Å²) in [5, 5.41) is 15.7. The van der Waals surface area contributed by atoms with Gasteiger partial charge in [0, 0.05) is 6.42 Å². The number of hydrogen-bond acceptors (Lipinski definition) is 6. The van der Waals surface area contributed by atoms with Crippen LogP contribution in [-0.2, 0) is 18.3 Å². The van der Waals surface area contributed by atoms with Crippen LogP contribution in [0.25, 0.3) is 5.52 Å². The Labute approximate surface area is 210 Å². The van der Waals surface area contributed by atoms with E-state index in [2.05, 4.69) is 17.1 Å². The number of rotatable bonds is 10. The summed E-state index contributed by atoms with van der Waals surface area (Å²) in [6.07, 6.45) is 2.15. The van der Waals surface area contributed by atoms with E-state index in [4.69, 9.17) is 19.6 Å². The number of fused-ring (bicyclic) bond motifs is 1. The minimum absolute atomic E-state index is 0.256. The van der Waals surface area contributed by atoms with Gasteiger partial charge in [-0.2, -0.15) is 5.10 Å². The minimum Gasteiger partial charge on any atom is -0.493 e. The number of nitrogens with one attached hydrogen (secondary N) is 1. The van der Waals surface area contributed by atoms with Gasteiger partial charge in [-0.15, -0.1) is 0 Å². The molecule has 0 spiro atoms. The van der Waals surface area contributed by atoms with Crippen LogP contribution < -0.4 is 15.0 Å². The fourth-order valence-electron chi connectivity index (χ4n) is 4.66. The van der Waals surface area contributed by atoms with E-state index < -0.39 is 11.5 Å². The van der Waals surface area contributed by atoms with Gasteiger partial charge in [-0.1, -0.05) is 36.4 Å². The van der Waals surface area contributed by atoms with E-state index in [1.807, 2.05) is 43.3 Å². The highest BCUT2D eigenvalue weighted by atomic mass is 16.5. The zero-order chi connectivity index (χ0) is 25.9. The van der Waals surface area contributed by atoms with E-state index in [9.17, 15) is 9.90 Å². The molecule has 4 rings (SSSR count). The van der Waals surface area contributed by atoms with Crippen molar-refractivity contribution in [3.05, 3.63) is 87.4 Å². The van der Waals surface area contributed by atoms with Crippen molar-refractivity contribution < 1.29 is 14.6 Å². The Kier molecular flexibility index (Phi) is 7.45. The number of methoxy groups -OCH3 is 2. The van der Waals surface area contributed by atoms with Crippen LogP contribution in [-0.4, -0.2) is 45.0 Å². The van der Waals surface area contributed by atoms with Gasteiger partial charge in [0.05, 0.1) is 31.4 Å². The molecule has 2 aromatic carbocycles. The zero-order valence-corrected chi connectivity index (χ0v) is 21.5. The Morgan fingerprint density at radius 3 is 2.47 bits per heavy atom. The van der Waals surface area contributed by atoms with Crippen LogP contribution in [0, 0.1) is 6.92 Å². The van der Waals surface area contributed by atoms with Gasteiger partial charge in [-0.05, 0) is 63.3 Å². The number of aromatic amines is 1. The molecule has 2 heterocycles. The molecule has 8 nitrogen and oxygen atoms in total. The van der Waals surface area contributed by atoms with E-state index in [0.717, 1.165) is 18.4 Å². The van der Waals surface area contributed by atoms with Crippen LogP contribution in [0.3, 0.4) is 0 Å². The number of ether oxygens (including phenoxy) is 2. The first kappa shape index (κ1) is 25.4. The van der Waals surface area contributed by atoms with Crippen molar-refractivity contribution in [3.63, 3.8) is 0 Å². The molecule has 2 N–H and O–H groups in total. The maximum absolute atomic E-state index is 13.1. The number of H-pyrrole nitrogens is 1. The second-order valence-electron chi connectivity index (χ2n) is 9.48. The number of imidazole rings is 1. The zero-order valence-electron chi connectivity index (χ0n) is 21.5. The summed E-state index contributed by atoms with van der Waals surface area (Å²) in [4.78, 5) is 20.7.